The average molecular weight is 228 g/mol. The first-order valence-corrected chi connectivity index (χ1v) is 5.73. The zero-order chi connectivity index (χ0) is 12.5. The molecule has 0 aliphatic rings. The predicted octanol–water partition coefficient (Wildman–Crippen LogP) is 3.75. The largest absolute Gasteiger partial charge is 0.0622 e. The van der Waals surface area contributed by atoms with Gasteiger partial charge in [-0.05, 0) is 41.7 Å². The summed E-state index contributed by atoms with van der Waals surface area (Å²) in [6.07, 6.45) is 3.78. The van der Waals surface area contributed by atoms with E-state index in [1.165, 1.54) is 0 Å². The molecular formula is C18H12. The molecular weight excluding hydrogens is 216 g/mol. The van der Waals surface area contributed by atoms with Gasteiger partial charge in [-0.15, -0.1) is 0 Å². The van der Waals surface area contributed by atoms with Crippen LogP contribution in [0.15, 0.2) is 66.7 Å². The molecule has 0 spiro atoms. The molecule has 0 atom stereocenters. The molecule has 0 aliphatic carbocycles. The molecule has 2 rings (SSSR count). The summed E-state index contributed by atoms with van der Waals surface area (Å²) >= 11 is 0. The number of allylic oxidation sites excluding steroid dienone is 1. The van der Waals surface area contributed by atoms with E-state index in [4.69, 9.17) is 0 Å². The van der Waals surface area contributed by atoms with Crippen molar-refractivity contribution in [3.8, 4) is 23.7 Å². The Balaban J connectivity index is 1.95. The van der Waals surface area contributed by atoms with Crippen molar-refractivity contribution < 1.29 is 0 Å². The van der Waals surface area contributed by atoms with Crippen molar-refractivity contribution >= 4 is 6.08 Å². The third-order valence-electron chi connectivity index (χ3n) is 2.27. The van der Waals surface area contributed by atoms with Gasteiger partial charge in [-0.3, -0.25) is 0 Å². The summed E-state index contributed by atoms with van der Waals surface area (Å²) < 4.78 is 0. The van der Waals surface area contributed by atoms with E-state index in [-0.39, 0.29) is 0 Å². The summed E-state index contributed by atoms with van der Waals surface area (Å²) in [4.78, 5) is 0. The molecule has 2 aromatic rings. The van der Waals surface area contributed by atoms with E-state index in [2.05, 4.69) is 23.7 Å². The Morgan fingerprint density at radius 1 is 0.722 bits per heavy atom. The minimum atomic E-state index is 0.985. The predicted molar refractivity (Wildman–Crippen MR) is 76.6 cm³/mol. The first kappa shape index (κ1) is 11.8. The van der Waals surface area contributed by atoms with Gasteiger partial charge in [0.25, 0.3) is 0 Å². The van der Waals surface area contributed by atoms with Crippen molar-refractivity contribution in [3.63, 3.8) is 0 Å². The SMILES string of the molecule is C(C#Cc1ccccc1)#C/C=C/c1ccccc1. The number of hydrogen-bond donors (Lipinski definition) is 0. The minimum absolute atomic E-state index is 0.985. The lowest BCUT2D eigenvalue weighted by atomic mass is 10.2. The van der Waals surface area contributed by atoms with Crippen molar-refractivity contribution in [2.24, 2.45) is 0 Å². The van der Waals surface area contributed by atoms with Gasteiger partial charge in [0, 0.05) is 5.56 Å². The van der Waals surface area contributed by atoms with Crippen LogP contribution in [-0.2, 0) is 0 Å². The van der Waals surface area contributed by atoms with Crippen molar-refractivity contribution in [1.29, 1.82) is 0 Å². The van der Waals surface area contributed by atoms with Crippen LogP contribution in [0.3, 0.4) is 0 Å². The molecule has 0 aromatic heterocycles. The van der Waals surface area contributed by atoms with Crippen molar-refractivity contribution in [3.05, 3.63) is 77.9 Å². The summed E-state index contributed by atoms with van der Waals surface area (Å²) in [7, 11) is 0. The van der Waals surface area contributed by atoms with Crippen molar-refractivity contribution in [2.75, 3.05) is 0 Å². The maximum atomic E-state index is 2.99. The molecule has 0 heterocycles. The summed E-state index contributed by atoms with van der Waals surface area (Å²) in [6, 6.07) is 19.9. The second-order valence-corrected chi connectivity index (χ2v) is 3.63. The molecule has 0 unspecified atom stereocenters. The highest BCUT2D eigenvalue weighted by molar-refractivity contribution is 5.53. The van der Waals surface area contributed by atoms with Crippen LogP contribution in [0.4, 0.5) is 0 Å². The summed E-state index contributed by atoms with van der Waals surface area (Å²) in [5, 5.41) is 0. The molecule has 0 aliphatic heterocycles. The Morgan fingerprint density at radius 3 is 2.11 bits per heavy atom. The van der Waals surface area contributed by atoms with Gasteiger partial charge in [0.2, 0.25) is 0 Å². The van der Waals surface area contributed by atoms with Crippen LogP contribution in [0.5, 0.6) is 0 Å². The van der Waals surface area contributed by atoms with Crippen LogP contribution in [0.2, 0.25) is 0 Å². The van der Waals surface area contributed by atoms with E-state index in [0.29, 0.717) is 0 Å². The third kappa shape index (κ3) is 4.05. The fourth-order valence-corrected chi connectivity index (χ4v) is 1.40. The minimum Gasteiger partial charge on any atom is -0.0622 e. The topological polar surface area (TPSA) is 0 Å². The molecule has 0 saturated carbocycles. The van der Waals surface area contributed by atoms with Gasteiger partial charge in [-0.25, -0.2) is 0 Å². The number of benzene rings is 2. The van der Waals surface area contributed by atoms with Crippen LogP contribution in [0.1, 0.15) is 11.1 Å². The van der Waals surface area contributed by atoms with Crippen LogP contribution < -0.4 is 0 Å². The Labute approximate surface area is 108 Å². The second-order valence-electron chi connectivity index (χ2n) is 3.63. The lowest BCUT2D eigenvalue weighted by Gasteiger charge is -1.86. The molecule has 0 saturated heterocycles. The summed E-state index contributed by atoms with van der Waals surface area (Å²) in [5.41, 5.74) is 2.13. The van der Waals surface area contributed by atoms with E-state index < -0.39 is 0 Å². The highest BCUT2D eigenvalue weighted by atomic mass is 13.8. The Morgan fingerprint density at radius 2 is 1.39 bits per heavy atom. The van der Waals surface area contributed by atoms with Gasteiger partial charge in [-0.1, -0.05) is 60.4 Å². The normalized spacial score (nSPS) is 9.11. The fraction of sp³-hybridized carbons (Fsp3) is 0. The molecule has 0 bridgehead atoms. The van der Waals surface area contributed by atoms with Crippen molar-refractivity contribution in [1.82, 2.24) is 0 Å². The third-order valence-corrected chi connectivity index (χ3v) is 2.27. The molecule has 0 amide bonds. The standard InChI is InChI=1S/C18H12/c1(5-11-17-13-7-3-8-14-17)2-6-12-18-15-9-4-10-16-18/h3-5,7-11,13-16H/b11-5+. The van der Waals surface area contributed by atoms with E-state index in [1.54, 1.807) is 0 Å². The van der Waals surface area contributed by atoms with Gasteiger partial charge >= 0.3 is 0 Å². The van der Waals surface area contributed by atoms with Crippen LogP contribution in [0.25, 0.3) is 6.08 Å². The van der Waals surface area contributed by atoms with Gasteiger partial charge < -0.3 is 0 Å². The Bertz CT molecular complexity index is 626. The van der Waals surface area contributed by atoms with E-state index in [1.807, 2.05) is 72.8 Å². The Kier molecular flexibility index (Phi) is 4.44. The average Bonchev–Trinajstić information content (AvgIpc) is 2.45. The Hall–Kier alpha value is -2.70. The lowest BCUT2D eigenvalue weighted by molar-refractivity contribution is 1.65. The summed E-state index contributed by atoms with van der Waals surface area (Å²) in [6.45, 7) is 0. The maximum Gasteiger partial charge on any atom is 0.0255 e. The van der Waals surface area contributed by atoms with E-state index in [9.17, 15) is 0 Å². The van der Waals surface area contributed by atoms with Gasteiger partial charge in [0.15, 0.2) is 0 Å². The zero-order valence-corrected chi connectivity index (χ0v) is 9.93. The highest BCUT2D eigenvalue weighted by Gasteiger charge is 1.80. The molecule has 0 fully saturated rings. The van der Waals surface area contributed by atoms with Crippen LogP contribution in [0, 0.1) is 23.7 Å². The number of rotatable bonds is 1. The molecule has 2 aromatic carbocycles. The lowest BCUT2D eigenvalue weighted by Crippen LogP contribution is -1.69. The zero-order valence-electron chi connectivity index (χ0n) is 9.93. The molecule has 84 valence electrons. The highest BCUT2D eigenvalue weighted by Crippen LogP contribution is 1.99. The van der Waals surface area contributed by atoms with Gasteiger partial charge in [-0.2, -0.15) is 0 Å². The van der Waals surface area contributed by atoms with Crippen LogP contribution >= 0.6 is 0 Å². The molecule has 0 heteroatoms. The van der Waals surface area contributed by atoms with Gasteiger partial charge in [0.1, 0.15) is 0 Å². The summed E-state index contributed by atoms with van der Waals surface area (Å²) in [5.74, 6) is 11.5. The maximum absolute atomic E-state index is 2.99. The quantitative estimate of drug-likeness (QED) is 0.652. The van der Waals surface area contributed by atoms with Crippen LogP contribution in [-0.4, -0.2) is 0 Å². The van der Waals surface area contributed by atoms with Gasteiger partial charge in [0.05, 0.1) is 0 Å². The molecule has 18 heavy (non-hydrogen) atoms. The van der Waals surface area contributed by atoms with E-state index >= 15 is 0 Å². The molecule has 0 radical (unpaired) electrons. The fourth-order valence-electron chi connectivity index (χ4n) is 1.40. The second kappa shape index (κ2) is 6.79. The first-order chi connectivity index (χ1) is 8.95. The monoisotopic (exact) mass is 228 g/mol. The molecule has 0 N–H and O–H groups in total. The smallest absolute Gasteiger partial charge is 0.0255 e. The van der Waals surface area contributed by atoms with Crippen molar-refractivity contribution in [2.45, 2.75) is 0 Å². The number of hydrogen-bond acceptors (Lipinski definition) is 0. The molecule has 0 nitrogen and oxygen atoms in total. The first-order valence-electron chi connectivity index (χ1n) is 5.73. The van der Waals surface area contributed by atoms with E-state index in [0.717, 1.165) is 11.1 Å².